The lowest BCUT2D eigenvalue weighted by Crippen LogP contribution is -2.71. The molecule has 0 saturated carbocycles. The average molecular weight is 737 g/mol. The van der Waals surface area contributed by atoms with Crippen molar-refractivity contribution >= 4 is 79.2 Å². The summed E-state index contributed by atoms with van der Waals surface area (Å²) >= 11 is 3.52. The van der Waals surface area contributed by atoms with E-state index in [2.05, 4.69) is 15.5 Å². The van der Waals surface area contributed by atoms with Crippen molar-refractivity contribution in [2.45, 2.75) is 27.8 Å². The van der Waals surface area contributed by atoms with E-state index in [1.54, 1.807) is 29.1 Å². The van der Waals surface area contributed by atoms with Crippen LogP contribution < -0.4 is 21.4 Å². The quantitative estimate of drug-likeness (QED) is 0.0325. The third kappa shape index (κ3) is 7.48. The monoisotopic (exact) mass is 736 g/mol. The number of oxime groups is 1. The van der Waals surface area contributed by atoms with Crippen LogP contribution in [0.25, 0.3) is 0 Å². The first kappa shape index (κ1) is 34.5. The molecule has 252 valence electrons. The Morgan fingerprint density at radius 3 is 2.67 bits per heavy atom. The van der Waals surface area contributed by atoms with Crippen molar-refractivity contribution in [2.75, 3.05) is 23.2 Å². The summed E-state index contributed by atoms with van der Waals surface area (Å²) in [7, 11) is -4.21. The molecular weight excluding hydrogens is 711 g/mol. The maximum absolute atomic E-state index is 13.4. The van der Waals surface area contributed by atoms with E-state index in [1.807, 2.05) is 0 Å². The van der Waals surface area contributed by atoms with Crippen LogP contribution in [0.15, 0.2) is 74.3 Å². The van der Waals surface area contributed by atoms with Gasteiger partial charge in [0, 0.05) is 29.0 Å². The number of β-lactam (4-membered cyclic amide) rings is 1. The summed E-state index contributed by atoms with van der Waals surface area (Å²) in [6, 6.07) is 5.18. The van der Waals surface area contributed by atoms with Crippen molar-refractivity contribution in [1.82, 2.24) is 15.2 Å². The van der Waals surface area contributed by atoms with Crippen LogP contribution >= 0.6 is 34.9 Å². The fourth-order valence-corrected chi connectivity index (χ4v) is 8.44. The third-order valence-corrected chi connectivity index (χ3v) is 11.2. The number of nitrogens with one attached hydrogen (secondary N) is 1. The van der Waals surface area contributed by atoms with Gasteiger partial charge in [-0.1, -0.05) is 5.16 Å². The van der Waals surface area contributed by atoms with E-state index in [0.717, 1.165) is 39.3 Å². The predicted molar refractivity (Wildman–Crippen MR) is 172 cm³/mol. The van der Waals surface area contributed by atoms with Gasteiger partial charge >= 0.3 is 5.97 Å². The lowest BCUT2D eigenvalue weighted by atomic mass is 10.0. The number of nitrogens with zero attached hydrogens (tertiary/aromatic N) is 4. The number of carbonyl (C=O) groups excluding carboxylic acids is 3. The summed E-state index contributed by atoms with van der Waals surface area (Å²) in [5, 5.41) is 36.0. The van der Waals surface area contributed by atoms with Gasteiger partial charge in [-0.15, -0.1) is 34.9 Å². The number of carboxylic acids is 1. The molecule has 2 atom stereocenters. The number of benzene rings is 1. The van der Waals surface area contributed by atoms with Crippen LogP contribution in [0.3, 0.4) is 0 Å². The van der Waals surface area contributed by atoms with Gasteiger partial charge in [0.25, 0.3) is 17.7 Å². The highest BCUT2D eigenvalue weighted by atomic mass is 32.2. The van der Waals surface area contributed by atoms with Crippen molar-refractivity contribution in [3.05, 3.63) is 65.1 Å². The predicted octanol–water partition coefficient (Wildman–Crippen LogP) is -0.408. The number of aliphatic carboxylic acids is 1. The minimum absolute atomic E-state index is 0.0247. The van der Waals surface area contributed by atoms with Gasteiger partial charge in [-0.05, 0) is 23.8 Å². The summed E-state index contributed by atoms with van der Waals surface area (Å²) in [5.74, 6) is -5.29. The van der Waals surface area contributed by atoms with Gasteiger partial charge in [0.1, 0.15) is 22.8 Å². The van der Waals surface area contributed by atoms with Crippen LogP contribution in [-0.4, -0.2) is 91.9 Å². The number of amides is 3. The number of pyridine rings is 1. The van der Waals surface area contributed by atoms with Crippen LogP contribution in [0.2, 0.25) is 0 Å². The lowest BCUT2D eigenvalue weighted by Gasteiger charge is -2.49. The van der Waals surface area contributed by atoms with E-state index < -0.39 is 68.1 Å². The number of carbonyl (C=O) groups is 4. The minimum Gasteiger partial charge on any atom is -0.504 e. The molecular formula is C27H26N7O10S4+. The summed E-state index contributed by atoms with van der Waals surface area (Å²) < 4.78 is 26.9. The Kier molecular flexibility index (Phi) is 10.1. The molecule has 0 aliphatic carbocycles. The second-order valence-corrected chi connectivity index (χ2v) is 15.1. The Morgan fingerprint density at radius 1 is 1.23 bits per heavy atom. The first-order valence-corrected chi connectivity index (χ1v) is 18.1. The number of fused-ring (bicyclic) bond motifs is 1. The van der Waals surface area contributed by atoms with Gasteiger partial charge in [-0.3, -0.25) is 19.3 Å². The maximum atomic E-state index is 13.4. The summed E-state index contributed by atoms with van der Waals surface area (Å²) in [6.45, 7) is -0.0247. The Balaban J connectivity index is 1.29. The van der Waals surface area contributed by atoms with E-state index in [-0.39, 0.29) is 39.5 Å². The molecule has 1 saturated heterocycles. The molecule has 0 bridgehead atoms. The molecule has 2 aliphatic rings. The van der Waals surface area contributed by atoms with Gasteiger partial charge in [0.15, 0.2) is 34.7 Å². The van der Waals surface area contributed by atoms with Gasteiger partial charge < -0.3 is 36.9 Å². The number of hydrogen-bond acceptors (Lipinski definition) is 15. The number of primary amides is 1. The summed E-state index contributed by atoms with van der Waals surface area (Å²) in [4.78, 5) is 60.6. The highest BCUT2D eigenvalue weighted by Crippen LogP contribution is 2.41. The van der Waals surface area contributed by atoms with E-state index in [0.29, 0.717) is 5.57 Å². The van der Waals surface area contributed by atoms with Crippen LogP contribution in [0.4, 0.5) is 5.13 Å². The molecule has 21 heteroatoms. The molecule has 3 amide bonds. The minimum atomic E-state index is -4.21. The van der Waals surface area contributed by atoms with Gasteiger partial charge in [-0.2, -0.15) is 4.57 Å². The second kappa shape index (κ2) is 14.1. The number of aromatic nitrogens is 2. The molecule has 4 heterocycles. The average Bonchev–Trinajstić information content (AvgIpc) is 3.46. The highest BCUT2D eigenvalue weighted by molar-refractivity contribution is 8.01. The molecule has 2 aromatic heterocycles. The van der Waals surface area contributed by atoms with E-state index >= 15 is 0 Å². The molecule has 48 heavy (non-hydrogen) atoms. The zero-order chi connectivity index (χ0) is 34.7. The SMILES string of the molecule is NC(=O)C[n+]1cccc(SCC2=C(C(=O)O)N3C(=O)[C@@H](NC(=O)/C(=N\OCS(=O)(=O)c4ccc(O)c(O)c4)c4csc(N)n4)[C@H]3SC2)c1. The number of nitrogen functional groups attached to an aromatic ring is 1. The van der Waals surface area contributed by atoms with Crippen molar-refractivity contribution < 1.29 is 52.3 Å². The number of hydrogen-bond donors (Lipinski definition) is 6. The van der Waals surface area contributed by atoms with Crippen LogP contribution in [-0.2, 0) is 40.4 Å². The number of anilines is 1. The number of rotatable bonds is 13. The molecule has 2 aliphatic heterocycles. The molecule has 0 spiro atoms. The van der Waals surface area contributed by atoms with Gasteiger partial charge in [0.05, 0.1) is 9.79 Å². The summed E-state index contributed by atoms with van der Waals surface area (Å²) in [5.41, 5.74) is 10.7. The highest BCUT2D eigenvalue weighted by Gasteiger charge is 2.54. The van der Waals surface area contributed by atoms with Gasteiger partial charge in [-0.25, -0.2) is 18.2 Å². The fourth-order valence-electron chi connectivity index (χ4n) is 4.56. The first-order valence-electron chi connectivity index (χ1n) is 13.5. The lowest BCUT2D eigenvalue weighted by molar-refractivity contribution is -0.686. The van der Waals surface area contributed by atoms with Crippen LogP contribution in [0.5, 0.6) is 11.5 Å². The molecule has 3 aromatic rings. The van der Waals surface area contributed by atoms with Crippen molar-refractivity contribution in [2.24, 2.45) is 10.9 Å². The van der Waals surface area contributed by atoms with Crippen LogP contribution in [0.1, 0.15) is 5.69 Å². The van der Waals surface area contributed by atoms with Crippen LogP contribution in [0, 0.1) is 0 Å². The number of phenolic OH excluding ortho intramolecular Hbond substituents is 2. The molecule has 5 rings (SSSR count). The standard InChI is InChI=1S/C27H25N7O10S4/c28-19(37)8-33-5-1-2-14(7-33)45-9-13-10-46-25-21(24(39)34(25)22(13)26(40)41)31-23(38)20(16-11-47-27(29)30-16)32-44-12-48(42,43)15-3-4-17(35)18(36)6-15/h1-7,11,21,25H,8-10,12H2,(H7-,28,29,30,31,32,35,36,37,38,40,41)/p+1/t21-,25-/m1/s1. The maximum Gasteiger partial charge on any atom is 0.352 e. The second-order valence-electron chi connectivity index (χ2n) is 10.1. The Hall–Kier alpha value is -4.86. The topological polar surface area (TPSA) is 269 Å². The van der Waals surface area contributed by atoms with Gasteiger partial charge in [0.2, 0.25) is 22.3 Å². The van der Waals surface area contributed by atoms with Crippen molar-refractivity contribution in [3.63, 3.8) is 0 Å². The number of carboxylic acid groups (broad SMARTS) is 1. The molecule has 1 fully saturated rings. The Bertz CT molecular complexity index is 1980. The molecule has 0 radical (unpaired) electrons. The number of sulfone groups is 1. The largest absolute Gasteiger partial charge is 0.504 e. The van der Waals surface area contributed by atoms with E-state index in [4.69, 9.17) is 16.3 Å². The number of phenols is 2. The Labute approximate surface area is 284 Å². The molecule has 0 unspecified atom stereocenters. The Morgan fingerprint density at radius 2 is 2.00 bits per heavy atom. The smallest absolute Gasteiger partial charge is 0.352 e. The molecule has 8 N–H and O–H groups in total. The number of nitrogens with two attached hydrogens (primary N) is 2. The number of thioether (sulfide) groups is 2. The zero-order valence-corrected chi connectivity index (χ0v) is 27.6. The molecule has 1 aromatic carbocycles. The molecule has 17 nitrogen and oxygen atoms in total. The number of thiazole rings is 1. The zero-order valence-electron chi connectivity index (χ0n) is 24.4. The van der Waals surface area contributed by atoms with E-state index in [1.165, 1.54) is 28.9 Å². The fraction of sp³-hybridized carbons (Fsp3) is 0.222. The summed E-state index contributed by atoms with van der Waals surface area (Å²) in [6.07, 6.45) is 3.37. The third-order valence-electron chi connectivity index (χ3n) is 6.77. The first-order chi connectivity index (χ1) is 22.7. The normalized spacial score (nSPS) is 17.8. The van der Waals surface area contributed by atoms with Crippen molar-refractivity contribution in [3.8, 4) is 11.5 Å². The van der Waals surface area contributed by atoms with E-state index in [9.17, 15) is 42.9 Å². The van der Waals surface area contributed by atoms with Crippen molar-refractivity contribution in [1.29, 1.82) is 0 Å². The number of aromatic hydroxyl groups is 2.